The monoisotopic (exact) mass is 604 g/mol. The summed E-state index contributed by atoms with van der Waals surface area (Å²) < 4.78 is 45.2. The van der Waals surface area contributed by atoms with Gasteiger partial charge >= 0.3 is 17.8 Å². The van der Waals surface area contributed by atoms with Gasteiger partial charge in [0, 0.05) is 25.6 Å². The Bertz CT molecular complexity index is 1150. The van der Waals surface area contributed by atoms with Crippen LogP contribution in [0.3, 0.4) is 0 Å². The summed E-state index contributed by atoms with van der Waals surface area (Å²) in [6.45, 7) is 7.42. The van der Waals surface area contributed by atoms with Crippen LogP contribution in [0.25, 0.3) is 0 Å². The first-order valence-corrected chi connectivity index (χ1v) is 13.5. The number of aliphatic hydroxyl groups is 2. The first-order valence-electron chi connectivity index (χ1n) is 13.5. The molecule has 1 unspecified atom stereocenters. The molecular formula is C27H42F2N4O9. The zero-order valence-corrected chi connectivity index (χ0v) is 24.9. The van der Waals surface area contributed by atoms with Crippen LogP contribution in [-0.2, 0) is 29.5 Å². The number of alkyl halides is 1. The smallest absolute Gasteiger partial charge is 0.408 e. The highest BCUT2D eigenvalue weighted by atomic mass is 19.1. The van der Waals surface area contributed by atoms with Crippen LogP contribution in [0.15, 0.2) is 28.6 Å². The number of nitrogens with one attached hydrogen (secondary N) is 2. The number of hydrogen-bond acceptors (Lipinski definition) is 11. The van der Waals surface area contributed by atoms with E-state index in [1.165, 1.54) is 13.0 Å². The molecule has 1 rings (SSSR count). The number of ether oxygens (including phenoxy) is 3. The van der Waals surface area contributed by atoms with Crippen molar-refractivity contribution in [2.45, 2.75) is 78.2 Å². The van der Waals surface area contributed by atoms with Crippen molar-refractivity contribution in [2.75, 3.05) is 38.4 Å². The zero-order chi connectivity index (χ0) is 32.1. The number of hydrogen-bond donors (Lipinski definition) is 4. The summed E-state index contributed by atoms with van der Waals surface area (Å²) in [5.74, 6) is -3.68. The molecule has 0 bridgehead atoms. The Kier molecular flexibility index (Phi) is 14.5. The molecule has 1 aromatic rings. The molecule has 0 saturated heterocycles. The number of anilines is 1. The third-order valence-corrected chi connectivity index (χ3v) is 5.41. The van der Waals surface area contributed by atoms with Crippen molar-refractivity contribution in [2.24, 2.45) is 5.92 Å². The number of amides is 1. The first-order chi connectivity index (χ1) is 19.6. The van der Waals surface area contributed by atoms with Crippen LogP contribution in [0.4, 0.5) is 19.4 Å². The van der Waals surface area contributed by atoms with Gasteiger partial charge in [-0.15, -0.1) is 0 Å². The number of Topliss-reactive ketones (excluding diaryl/α,β-unsaturated/α-hetero) is 1. The summed E-state index contributed by atoms with van der Waals surface area (Å²) in [7, 11) is 0. The highest BCUT2D eigenvalue weighted by molar-refractivity contribution is 5.85. The number of ketones is 1. The van der Waals surface area contributed by atoms with Crippen LogP contribution in [0, 0.1) is 5.92 Å². The molecule has 0 aromatic carbocycles. The number of alkyl carbamates (subject to hydrolysis) is 1. The third kappa shape index (κ3) is 11.4. The maximum absolute atomic E-state index is 15.0. The largest absolute Gasteiger partial charge is 0.509 e. The Hall–Kier alpha value is -3.59. The average molecular weight is 605 g/mol. The number of esters is 1. The van der Waals surface area contributed by atoms with E-state index in [4.69, 9.17) is 19.3 Å². The van der Waals surface area contributed by atoms with Crippen molar-refractivity contribution >= 4 is 23.7 Å². The van der Waals surface area contributed by atoms with Gasteiger partial charge in [-0.05, 0) is 46.1 Å². The van der Waals surface area contributed by atoms with Gasteiger partial charge in [0.15, 0.2) is 11.6 Å². The van der Waals surface area contributed by atoms with Crippen molar-refractivity contribution < 1.29 is 47.6 Å². The molecule has 0 aliphatic rings. The Morgan fingerprint density at radius 2 is 1.86 bits per heavy atom. The normalized spacial score (nSPS) is 14.4. The Morgan fingerprint density at radius 3 is 2.38 bits per heavy atom. The summed E-state index contributed by atoms with van der Waals surface area (Å²) in [4.78, 5) is 53.7. The quantitative estimate of drug-likeness (QED) is 0.152. The number of halogens is 2. The molecule has 0 saturated carbocycles. The van der Waals surface area contributed by atoms with E-state index in [0.717, 1.165) is 6.20 Å². The summed E-state index contributed by atoms with van der Waals surface area (Å²) in [5, 5.41) is 23.9. The molecule has 1 aromatic heterocycles. The van der Waals surface area contributed by atoms with Gasteiger partial charge < -0.3 is 35.1 Å². The number of carbonyl (C=O) groups is 3. The lowest BCUT2D eigenvalue weighted by molar-refractivity contribution is -0.147. The van der Waals surface area contributed by atoms with E-state index in [1.54, 1.807) is 20.8 Å². The van der Waals surface area contributed by atoms with Gasteiger partial charge in [0.2, 0.25) is 5.72 Å². The topological polar surface area (TPSA) is 178 Å². The van der Waals surface area contributed by atoms with Gasteiger partial charge in [0.1, 0.15) is 29.9 Å². The minimum absolute atomic E-state index is 0.0484. The molecule has 0 radical (unpaired) electrons. The summed E-state index contributed by atoms with van der Waals surface area (Å²) in [6, 6.07) is 0.0205. The average Bonchev–Trinajstić information content (AvgIpc) is 2.90. The summed E-state index contributed by atoms with van der Waals surface area (Å²) in [5.41, 5.74) is -4.61. The second-order valence-corrected chi connectivity index (χ2v) is 10.7. The van der Waals surface area contributed by atoms with Crippen molar-refractivity contribution in [3.8, 4) is 0 Å². The lowest BCUT2D eigenvalue weighted by atomic mass is 10.1. The molecule has 1 amide bonds. The van der Waals surface area contributed by atoms with Crippen LogP contribution in [0.2, 0.25) is 0 Å². The highest BCUT2D eigenvalue weighted by Gasteiger charge is 2.42. The van der Waals surface area contributed by atoms with Crippen LogP contribution in [0.1, 0.15) is 60.8 Å². The molecule has 1 heterocycles. The van der Waals surface area contributed by atoms with E-state index >= 15 is 4.39 Å². The SMILES string of the molecule is CCO[C@@](CF)(/C(F)=C(/O)CCO)n1ccc(NCC(=O)CCC(NC(=O)OC(C)(C)C)C(=O)OCC(C)C)nc1=O. The predicted octanol–water partition coefficient (Wildman–Crippen LogP) is 2.88. The fraction of sp³-hybridized carbons (Fsp3) is 0.667. The van der Waals surface area contributed by atoms with Crippen molar-refractivity contribution in [1.82, 2.24) is 14.9 Å². The fourth-order valence-corrected chi connectivity index (χ4v) is 3.49. The Labute approximate surface area is 243 Å². The van der Waals surface area contributed by atoms with Crippen LogP contribution < -0.4 is 16.3 Å². The highest BCUT2D eigenvalue weighted by Crippen LogP contribution is 2.31. The summed E-state index contributed by atoms with van der Waals surface area (Å²) >= 11 is 0. The minimum atomic E-state index is -2.65. The lowest BCUT2D eigenvalue weighted by Gasteiger charge is -2.31. The molecule has 42 heavy (non-hydrogen) atoms. The van der Waals surface area contributed by atoms with Crippen LogP contribution in [-0.4, -0.2) is 82.3 Å². The van der Waals surface area contributed by atoms with Gasteiger partial charge in [-0.1, -0.05) is 13.8 Å². The minimum Gasteiger partial charge on any atom is -0.509 e. The molecule has 0 spiro atoms. The second-order valence-electron chi connectivity index (χ2n) is 10.7. The Morgan fingerprint density at radius 1 is 1.19 bits per heavy atom. The number of carbonyl (C=O) groups excluding carboxylic acids is 3. The van der Waals surface area contributed by atoms with E-state index in [9.17, 15) is 28.7 Å². The molecule has 2 atom stereocenters. The standard InChI is InChI=1S/C27H42F2N4O9/c1-7-41-27(16-28,22(29)20(36)11-13-34)33-12-10-21(32-24(33)38)30-14-18(35)8-9-19(23(37)40-15-17(2)3)31-25(39)42-26(4,5)6/h10,12,17,19,34,36H,7-9,11,13-16H2,1-6H3,(H,31,39)(H,30,32,38)/b22-20-/t19?,27-/m0/s1. The number of aliphatic hydroxyl groups excluding tert-OH is 2. The maximum Gasteiger partial charge on any atom is 0.408 e. The Balaban J connectivity index is 2.99. The molecule has 13 nitrogen and oxygen atoms in total. The van der Waals surface area contributed by atoms with Gasteiger partial charge in [-0.2, -0.15) is 4.98 Å². The number of rotatable bonds is 17. The maximum atomic E-state index is 15.0. The summed E-state index contributed by atoms with van der Waals surface area (Å²) in [6.07, 6.45) is -0.668. The molecule has 4 N–H and O–H groups in total. The van der Waals surface area contributed by atoms with Gasteiger partial charge in [0.25, 0.3) is 0 Å². The van der Waals surface area contributed by atoms with Gasteiger partial charge in [0.05, 0.1) is 19.8 Å². The van der Waals surface area contributed by atoms with E-state index in [2.05, 4.69) is 15.6 Å². The van der Waals surface area contributed by atoms with Crippen molar-refractivity contribution in [1.29, 1.82) is 0 Å². The molecule has 238 valence electrons. The molecular weight excluding hydrogens is 562 g/mol. The van der Waals surface area contributed by atoms with Gasteiger partial charge in [-0.25, -0.2) is 23.2 Å². The van der Waals surface area contributed by atoms with Crippen molar-refractivity contribution in [3.05, 3.63) is 34.3 Å². The zero-order valence-electron chi connectivity index (χ0n) is 24.9. The fourth-order valence-electron chi connectivity index (χ4n) is 3.49. The van der Waals surface area contributed by atoms with Crippen LogP contribution >= 0.6 is 0 Å². The van der Waals surface area contributed by atoms with E-state index in [-0.39, 0.29) is 44.3 Å². The van der Waals surface area contributed by atoms with E-state index < -0.39 is 72.2 Å². The third-order valence-electron chi connectivity index (χ3n) is 5.41. The van der Waals surface area contributed by atoms with Crippen molar-refractivity contribution in [3.63, 3.8) is 0 Å². The van der Waals surface area contributed by atoms with Gasteiger partial charge in [-0.3, -0.25) is 9.36 Å². The molecule has 15 heteroatoms. The molecule has 0 aliphatic heterocycles. The predicted molar refractivity (Wildman–Crippen MR) is 148 cm³/mol. The van der Waals surface area contributed by atoms with E-state index in [0.29, 0.717) is 4.57 Å². The number of aromatic nitrogens is 2. The molecule has 0 aliphatic carbocycles. The number of nitrogens with zero attached hydrogens (tertiary/aromatic N) is 2. The second kappa shape index (κ2) is 16.8. The van der Waals surface area contributed by atoms with E-state index in [1.807, 2.05) is 13.8 Å². The van der Waals surface area contributed by atoms with Crippen LogP contribution in [0.5, 0.6) is 0 Å². The first kappa shape index (κ1) is 36.4. The lowest BCUT2D eigenvalue weighted by Crippen LogP contribution is -2.47. The molecule has 0 fully saturated rings.